The van der Waals surface area contributed by atoms with E-state index in [1.54, 1.807) is 7.11 Å². The van der Waals surface area contributed by atoms with Crippen LogP contribution in [0.1, 0.15) is 36.5 Å². The van der Waals surface area contributed by atoms with E-state index >= 15 is 0 Å². The smallest absolute Gasteiger partial charge is 0.167 e. The van der Waals surface area contributed by atoms with Gasteiger partial charge >= 0.3 is 0 Å². The standard InChI is InChI=1S/C24H22O3/c1-3-4-8-21(25)23-20-7-5-6-9-22(20)27-24(23)18-11-10-17-15-19(26-2)13-12-16(17)14-18/h5-7,9-15H,3-4,8H2,1-2H3. The van der Waals surface area contributed by atoms with Crippen molar-refractivity contribution in [3.63, 3.8) is 0 Å². The van der Waals surface area contributed by atoms with Crippen molar-refractivity contribution in [3.05, 3.63) is 66.2 Å². The topological polar surface area (TPSA) is 39.4 Å². The number of rotatable bonds is 6. The van der Waals surface area contributed by atoms with Crippen LogP contribution in [0.25, 0.3) is 33.1 Å². The Kier molecular flexibility index (Phi) is 4.68. The van der Waals surface area contributed by atoms with Crippen LogP contribution >= 0.6 is 0 Å². The molecule has 0 spiro atoms. The maximum atomic E-state index is 12.9. The fraction of sp³-hybridized carbons (Fsp3) is 0.208. The lowest BCUT2D eigenvalue weighted by molar-refractivity contribution is 0.0981. The minimum atomic E-state index is 0.145. The number of carbonyl (C=O) groups is 1. The molecule has 0 atom stereocenters. The predicted molar refractivity (Wildman–Crippen MR) is 110 cm³/mol. The van der Waals surface area contributed by atoms with Gasteiger partial charge in [0.15, 0.2) is 5.78 Å². The van der Waals surface area contributed by atoms with Gasteiger partial charge in [-0.2, -0.15) is 0 Å². The summed E-state index contributed by atoms with van der Waals surface area (Å²) in [5.41, 5.74) is 2.37. The van der Waals surface area contributed by atoms with Gasteiger partial charge in [0.1, 0.15) is 17.1 Å². The van der Waals surface area contributed by atoms with E-state index in [4.69, 9.17) is 9.15 Å². The Hall–Kier alpha value is -3.07. The van der Waals surface area contributed by atoms with Gasteiger partial charge in [-0.3, -0.25) is 4.79 Å². The number of furan rings is 1. The predicted octanol–water partition coefficient (Wildman–Crippen LogP) is 6.63. The molecule has 0 amide bonds. The van der Waals surface area contributed by atoms with Crippen molar-refractivity contribution in [2.45, 2.75) is 26.2 Å². The van der Waals surface area contributed by atoms with Crippen molar-refractivity contribution < 1.29 is 13.9 Å². The van der Waals surface area contributed by atoms with Crippen molar-refractivity contribution in [1.29, 1.82) is 0 Å². The lowest BCUT2D eigenvalue weighted by Crippen LogP contribution is -1.99. The van der Waals surface area contributed by atoms with Gasteiger partial charge in [0.05, 0.1) is 12.7 Å². The van der Waals surface area contributed by atoms with Crippen LogP contribution in [-0.4, -0.2) is 12.9 Å². The number of hydrogen-bond acceptors (Lipinski definition) is 3. The molecule has 0 radical (unpaired) electrons. The molecule has 0 fully saturated rings. The maximum Gasteiger partial charge on any atom is 0.167 e. The molecule has 3 aromatic carbocycles. The highest BCUT2D eigenvalue weighted by Gasteiger charge is 2.21. The quantitative estimate of drug-likeness (QED) is 0.363. The number of ketones is 1. The Morgan fingerprint density at radius 1 is 1.00 bits per heavy atom. The Morgan fingerprint density at radius 2 is 1.78 bits per heavy atom. The summed E-state index contributed by atoms with van der Waals surface area (Å²) < 4.78 is 11.4. The molecule has 0 bridgehead atoms. The average molecular weight is 358 g/mol. The molecule has 0 aliphatic carbocycles. The molecule has 0 N–H and O–H groups in total. The Labute approximate surface area is 158 Å². The summed E-state index contributed by atoms with van der Waals surface area (Å²) in [6, 6.07) is 19.9. The number of hydrogen-bond donors (Lipinski definition) is 0. The van der Waals surface area contributed by atoms with E-state index < -0.39 is 0 Å². The van der Waals surface area contributed by atoms with Crippen molar-refractivity contribution in [1.82, 2.24) is 0 Å². The second kappa shape index (κ2) is 7.28. The molecule has 1 aromatic heterocycles. The van der Waals surface area contributed by atoms with Gasteiger partial charge in [0.2, 0.25) is 0 Å². The highest BCUT2D eigenvalue weighted by molar-refractivity contribution is 6.12. The normalized spacial score (nSPS) is 11.2. The fourth-order valence-corrected chi connectivity index (χ4v) is 3.48. The number of Topliss-reactive ketones (excluding diaryl/α,β-unsaturated/α-hetero) is 1. The first-order valence-electron chi connectivity index (χ1n) is 9.34. The Balaban J connectivity index is 1.87. The van der Waals surface area contributed by atoms with Crippen LogP contribution in [0.3, 0.4) is 0 Å². The van der Waals surface area contributed by atoms with E-state index in [-0.39, 0.29) is 5.78 Å². The lowest BCUT2D eigenvalue weighted by atomic mass is 9.97. The van der Waals surface area contributed by atoms with E-state index in [2.05, 4.69) is 13.0 Å². The lowest BCUT2D eigenvalue weighted by Gasteiger charge is -2.06. The Bertz CT molecular complexity index is 1120. The molecule has 27 heavy (non-hydrogen) atoms. The van der Waals surface area contributed by atoms with Gasteiger partial charge in [-0.15, -0.1) is 0 Å². The SMILES string of the molecule is CCCCC(=O)c1c(-c2ccc3cc(OC)ccc3c2)oc2ccccc12. The summed E-state index contributed by atoms with van der Waals surface area (Å²) in [4.78, 5) is 12.9. The van der Waals surface area contributed by atoms with E-state index in [0.29, 0.717) is 17.7 Å². The zero-order valence-electron chi connectivity index (χ0n) is 15.6. The number of unbranched alkanes of at least 4 members (excludes halogenated alkanes) is 1. The largest absolute Gasteiger partial charge is 0.497 e. The summed E-state index contributed by atoms with van der Waals surface area (Å²) in [6.45, 7) is 2.10. The van der Waals surface area contributed by atoms with E-state index in [9.17, 15) is 4.79 Å². The van der Waals surface area contributed by atoms with Crippen molar-refractivity contribution in [3.8, 4) is 17.1 Å². The third-order valence-corrected chi connectivity index (χ3v) is 4.94. The van der Waals surface area contributed by atoms with Crippen LogP contribution in [0.4, 0.5) is 0 Å². The number of carbonyl (C=O) groups excluding carboxylic acids is 1. The number of para-hydroxylation sites is 1. The summed E-state index contributed by atoms with van der Waals surface area (Å²) in [5.74, 6) is 1.64. The summed E-state index contributed by atoms with van der Waals surface area (Å²) in [6.07, 6.45) is 2.42. The van der Waals surface area contributed by atoms with Crippen LogP contribution in [0, 0.1) is 0 Å². The van der Waals surface area contributed by atoms with Crippen molar-refractivity contribution in [2.75, 3.05) is 7.11 Å². The van der Waals surface area contributed by atoms with Gasteiger partial charge in [-0.25, -0.2) is 0 Å². The second-order valence-corrected chi connectivity index (χ2v) is 6.76. The first-order valence-corrected chi connectivity index (χ1v) is 9.34. The third kappa shape index (κ3) is 3.21. The van der Waals surface area contributed by atoms with E-state index in [0.717, 1.165) is 45.9 Å². The molecule has 0 saturated carbocycles. The molecule has 3 nitrogen and oxygen atoms in total. The van der Waals surface area contributed by atoms with Crippen LogP contribution in [0.5, 0.6) is 5.75 Å². The Morgan fingerprint density at radius 3 is 2.59 bits per heavy atom. The molecule has 3 heteroatoms. The molecule has 0 unspecified atom stereocenters. The molecule has 1 heterocycles. The van der Waals surface area contributed by atoms with Crippen LogP contribution in [0.2, 0.25) is 0 Å². The molecular formula is C24H22O3. The van der Waals surface area contributed by atoms with Crippen molar-refractivity contribution in [2.24, 2.45) is 0 Å². The summed E-state index contributed by atoms with van der Waals surface area (Å²) in [5, 5.41) is 3.07. The van der Waals surface area contributed by atoms with E-state index in [1.807, 2.05) is 54.6 Å². The van der Waals surface area contributed by atoms with Gasteiger partial charge < -0.3 is 9.15 Å². The van der Waals surface area contributed by atoms with Crippen LogP contribution in [0.15, 0.2) is 65.1 Å². The van der Waals surface area contributed by atoms with Gasteiger partial charge in [0, 0.05) is 17.4 Å². The van der Waals surface area contributed by atoms with Gasteiger partial charge in [-0.1, -0.05) is 49.7 Å². The van der Waals surface area contributed by atoms with Crippen LogP contribution in [-0.2, 0) is 0 Å². The monoisotopic (exact) mass is 358 g/mol. The summed E-state index contributed by atoms with van der Waals surface area (Å²) >= 11 is 0. The number of fused-ring (bicyclic) bond motifs is 2. The molecule has 0 aliphatic rings. The first kappa shape index (κ1) is 17.3. The third-order valence-electron chi connectivity index (χ3n) is 4.94. The number of benzene rings is 3. The zero-order valence-corrected chi connectivity index (χ0v) is 15.6. The molecule has 136 valence electrons. The maximum absolute atomic E-state index is 12.9. The van der Waals surface area contributed by atoms with Crippen LogP contribution < -0.4 is 4.74 Å². The number of methoxy groups -OCH3 is 1. The molecule has 4 rings (SSSR count). The van der Waals surface area contributed by atoms with Gasteiger partial charge in [0.25, 0.3) is 0 Å². The highest BCUT2D eigenvalue weighted by atomic mass is 16.5. The average Bonchev–Trinajstić information content (AvgIpc) is 3.10. The van der Waals surface area contributed by atoms with Crippen molar-refractivity contribution >= 4 is 27.5 Å². The second-order valence-electron chi connectivity index (χ2n) is 6.76. The van der Waals surface area contributed by atoms with E-state index in [1.165, 1.54) is 0 Å². The summed E-state index contributed by atoms with van der Waals surface area (Å²) in [7, 11) is 1.66. The highest BCUT2D eigenvalue weighted by Crippen LogP contribution is 2.36. The molecule has 4 aromatic rings. The zero-order chi connectivity index (χ0) is 18.8. The minimum Gasteiger partial charge on any atom is -0.497 e. The molecule has 0 saturated heterocycles. The van der Waals surface area contributed by atoms with Gasteiger partial charge in [-0.05, 0) is 41.5 Å². The molecule has 0 aliphatic heterocycles. The first-order chi connectivity index (χ1) is 13.2. The number of ether oxygens (including phenoxy) is 1. The fourth-order valence-electron chi connectivity index (χ4n) is 3.48. The molecular weight excluding hydrogens is 336 g/mol. The minimum absolute atomic E-state index is 0.145.